The molecule has 0 aliphatic rings. The van der Waals surface area contributed by atoms with Crippen LogP contribution >= 0.6 is 35.6 Å². The molecule has 0 amide bonds. The van der Waals surface area contributed by atoms with E-state index in [1.54, 1.807) is 19.7 Å². The highest BCUT2D eigenvalue weighted by Crippen LogP contribution is 2.16. The second-order valence-corrected chi connectivity index (χ2v) is 6.67. The molecule has 0 radical (unpaired) electrons. The van der Waals surface area contributed by atoms with Crippen molar-refractivity contribution in [2.45, 2.75) is 19.6 Å². The highest BCUT2D eigenvalue weighted by Gasteiger charge is 2.09. The lowest BCUT2D eigenvalue weighted by Gasteiger charge is -2.22. The van der Waals surface area contributed by atoms with Gasteiger partial charge in [-0.1, -0.05) is 54.1 Å². The van der Waals surface area contributed by atoms with Gasteiger partial charge in [-0.15, -0.1) is 24.0 Å². The minimum absolute atomic E-state index is 0. The molecule has 1 N–H and O–H groups in total. The van der Waals surface area contributed by atoms with Crippen LogP contribution in [0.4, 0.5) is 0 Å². The molecule has 148 valence electrons. The summed E-state index contributed by atoms with van der Waals surface area (Å²) in [5.41, 5.74) is 3.43. The Morgan fingerprint density at radius 1 is 1.18 bits per heavy atom. The molecular weight excluding hydrogens is 487 g/mol. The first kappa shape index (κ1) is 22.2. The number of aliphatic imine (C=N–C) groups is 1. The van der Waals surface area contributed by atoms with Crippen LogP contribution in [0, 0.1) is 0 Å². The number of aromatic nitrogens is 3. The molecule has 1 heterocycles. The highest BCUT2D eigenvalue weighted by molar-refractivity contribution is 14.0. The molecular formula is C20H24ClIN6. The van der Waals surface area contributed by atoms with Crippen LogP contribution in [-0.2, 0) is 19.6 Å². The molecule has 0 saturated carbocycles. The third-order valence-corrected chi connectivity index (χ3v) is 4.56. The van der Waals surface area contributed by atoms with E-state index in [-0.39, 0.29) is 24.0 Å². The average Bonchev–Trinajstić information content (AvgIpc) is 3.17. The Kier molecular flexibility index (Phi) is 8.72. The van der Waals surface area contributed by atoms with E-state index < -0.39 is 0 Å². The van der Waals surface area contributed by atoms with Gasteiger partial charge in [0.2, 0.25) is 0 Å². The minimum Gasteiger partial charge on any atom is -0.352 e. The molecule has 0 aliphatic heterocycles. The van der Waals surface area contributed by atoms with Crippen molar-refractivity contribution in [3.8, 4) is 0 Å². The topological polar surface area (TPSA) is 58.3 Å². The number of hydrogen-bond acceptors (Lipinski definition) is 3. The van der Waals surface area contributed by atoms with E-state index >= 15 is 0 Å². The van der Waals surface area contributed by atoms with Gasteiger partial charge in [0.05, 0.1) is 6.54 Å². The predicted octanol–water partition coefficient (Wildman–Crippen LogP) is 3.81. The zero-order chi connectivity index (χ0) is 19.1. The summed E-state index contributed by atoms with van der Waals surface area (Å²) in [5, 5.41) is 8.33. The molecule has 2 aromatic carbocycles. The lowest BCUT2D eigenvalue weighted by molar-refractivity contribution is 0.476. The zero-order valence-corrected chi connectivity index (χ0v) is 19.0. The quantitative estimate of drug-likeness (QED) is 0.311. The maximum Gasteiger partial charge on any atom is 0.193 e. The van der Waals surface area contributed by atoms with Crippen molar-refractivity contribution in [2.75, 3.05) is 14.1 Å². The van der Waals surface area contributed by atoms with Crippen LogP contribution in [-0.4, -0.2) is 39.7 Å². The maximum atomic E-state index is 6.27. The van der Waals surface area contributed by atoms with Crippen molar-refractivity contribution in [3.63, 3.8) is 0 Å². The van der Waals surface area contributed by atoms with Gasteiger partial charge in [0.1, 0.15) is 12.7 Å². The summed E-state index contributed by atoms with van der Waals surface area (Å²) in [6.07, 6.45) is 3.26. The lowest BCUT2D eigenvalue weighted by Crippen LogP contribution is -2.38. The Morgan fingerprint density at radius 2 is 1.96 bits per heavy atom. The van der Waals surface area contributed by atoms with E-state index in [1.165, 1.54) is 11.1 Å². The molecule has 1 aromatic heterocycles. The molecule has 0 fully saturated rings. The molecule has 0 aliphatic carbocycles. The Balaban J connectivity index is 0.00000280. The molecule has 0 spiro atoms. The number of halogens is 2. The number of rotatable bonds is 6. The van der Waals surface area contributed by atoms with E-state index in [0.717, 1.165) is 16.5 Å². The van der Waals surface area contributed by atoms with Gasteiger partial charge in [-0.3, -0.25) is 4.99 Å². The fourth-order valence-corrected chi connectivity index (χ4v) is 3.06. The Bertz CT molecular complexity index is 897. The summed E-state index contributed by atoms with van der Waals surface area (Å²) in [6.45, 7) is 2.07. The molecule has 6 nitrogen and oxygen atoms in total. The van der Waals surface area contributed by atoms with Crippen molar-refractivity contribution in [1.82, 2.24) is 25.0 Å². The Hall–Kier alpha value is -2.13. The van der Waals surface area contributed by atoms with Gasteiger partial charge < -0.3 is 10.2 Å². The van der Waals surface area contributed by atoms with Gasteiger partial charge >= 0.3 is 0 Å². The summed E-state index contributed by atoms with van der Waals surface area (Å²) < 4.78 is 1.81. The first-order valence-corrected chi connectivity index (χ1v) is 9.09. The fraction of sp³-hybridized carbons (Fsp3) is 0.250. The molecule has 0 atom stereocenters. The average molecular weight is 511 g/mol. The summed E-state index contributed by atoms with van der Waals surface area (Å²) in [5.74, 6) is 0.816. The van der Waals surface area contributed by atoms with Gasteiger partial charge in [0.15, 0.2) is 5.96 Å². The second kappa shape index (κ2) is 11.0. The van der Waals surface area contributed by atoms with E-state index in [4.69, 9.17) is 11.6 Å². The van der Waals surface area contributed by atoms with Crippen molar-refractivity contribution < 1.29 is 0 Å². The number of benzene rings is 2. The minimum atomic E-state index is 0. The van der Waals surface area contributed by atoms with Gasteiger partial charge in [-0.2, -0.15) is 5.10 Å². The van der Waals surface area contributed by atoms with E-state index in [2.05, 4.69) is 49.6 Å². The third kappa shape index (κ3) is 6.20. The second-order valence-electron chi connectivity index (χ2n) is 6.26. The Morgan fingerprint density at radius 3 is 2.68 bits per heavy atom. The predicted molar refractivity (Wildman–Crippen MR) is 124 cm³/mol. The normalized spacial score (nSPS) is 11.0. The standard InChI is InChI=1S/C20H23ClN6.HI/c1-22-20(26(2)13-18-8-3-4-9-19(18)21)24-11-16-6-5-7-17(10-16)12-27-15-23-14-25-27;/h3-10,14-15H,11-13H2,1-2H3,(H,22,24);1H. The van der Waals surface area contributed by atoms with Gasteiger partial charge in [-0.25, -0.2) is 9.67 Å². The number of nitrogens with one attached hydrogen (secondary N) is 1. The third-order valence-electron chi connectivity index (χ3n) is 4.19. The lowest BCUT2D eigenvalue weighted by atomic mass is 10.1. The van der Waals surface area contributed by atoms with E-state index in [1.807, 2.05) is 36.0 Å². The summed E-state index contributed by atoms with van der Waals surface area (Å²) >= 11 is 6.27. The monoisotopic (exact) mass is 510 g/mol. The van der Waals surface area contributed by atoms with Crippen LogP contribution in [0.15, 0.2) is 66.2 Å². The SMILES string of the molecule is CN=C(NCc1cccc(Cn2cncn2)c1)N(C)Cc1ccccc1Cl.I. The van der Waals surface area contributed by atoms with Crippen LogP contribution in [0.1, 0.15) is 16.7 Å². The number of nitrogens with zero attached hydrogens (tertiary/aromatic N) is 5. The van der Waals surface area contributed by atoms with Crippen molar-refractivity contribution in [3.05, 3.63) is 82.9 Å². The number of guanidine groups is 1. The van der Waals surface area contributed by atoms with Crippen LogP contribution < -0.4 is 5.32 Å². The van der Waals surface area contributed by atoms with Crippen LogP contribution in [0.5, 0.6) is 0 Å². The highest BCUT2D eigenvalue weighted by atomic mass is 127. The molecule has 0 unspecified atom stereocenters. The molecule has 0 bridgehead atoms. The summed E-state index contributed by atoms with van der Waals surface area (Å²) in [6, 6.07) is 16.3. The molecule has 3 aromatic rings. The fourth-order valence-electron chi connectivity index (χ4n) is 2.86. The summed E-state index contributed by atoms with van der Waals surface area (Å²) in [7, 11) is 3.78. The van der Waals surface area contributed by atoms with E-state index in [9.17, 15) is 0 Å². The number of hydrogen-bond donors (Lipinski definition) is 1. The van der Waals surface area contributed by atoms with Crippen LogP contribution in [0.3, 0.4) is 0 Å². The van der Waals surface area contributed by atoms with Gasteiger partial charge in [0, 0.05) is 32.2 Å². The van der Waals surface area contributed by atoms with Crippen LogP contribution in [0.25, 0.3) is 0 Å². The van der Waals surface area contributed by atoms with Crippen molar-refractivity contribution in [1.29, 1.82) is 0 Å². The largest absolute Gasteiger partial charge is 0.352 e. The van der Waals surface area contributed by atoms with Crippen molar-refractivity contribution >= 4 is 41.5 Å². The summed E-state index contributed by atoms with van der Waals surface area (Å²) in [4.78, 5) is 10.4. The Labute approximate surface area is 187 Å². The molecule has 28 heavy (non-hydrogen) atoms. The van der Waals surface area contributed by atoms with Gasteiger partial charge in [-0.05, 0) is 22.8 Å². The van der Waals surface area contributed by atoms with Crippen LogP contribution in [0.2, 0.25) is 5.02 Å². The van der Waals surface area contributed by atoms with Gasteiger partial charge in [0.25, 0.3) is 0 Å². The van der Waals surface area contributed by atoms with Crippen molar-refractivity contribution in [2.24, 2.45) is 4.99 Å². The maximum absolute atomic E-state index is 6.27. The molecule has 3 rings (SSSR count). The first-order valence-electron chi connectivity index (χ1n) is 8.71. The smallest absolute Gasteiger partial charge is 0.193 e. The molecule has 8 heteroatoms. The van der Waals surface area contributed by atoms with E-state index in [0.29, 0.717) is 19.6 Å². The molecule has 0 saturated heterocycles. The first-order chi connectivity index (χ1) is 13.2. The zero-order valence-electron chi connectivity index (χ0n) is 15.9.